The quantitative estimate of drug-likeness (QED) is 0.0866. The Hall–Kier alpha value is -5.22. The zero-order valence-corrected chi connectivity index (χ0v) is 33.9. The van der Waals surface area contributed by atoms with E-state index in [1.54, 1.807) is 63.6 Å². The van der Waals surface area contributed by atoms with Gasteiger partial charge in [-0.1, -0.05) is 24.3 Å². The molecule has 0 N–H and O–H groups in total. The van der Waals surface area contributed by atoms with E-state index in [4.69, 9.17) is 23.2 Å². The molecule has 0 amide bonds. The van der Waals surface area contributed by atoms with Crippen LogP contribution in [0.2, 0.25) is 0 Å². The van der Waals surface area contributed by atoms with E-state index in [9.17, 15) is 39.3 Å². The molecule has 17 heteroatoms. The number of pyridine rings is 2. The van der Waals surface area contributed by atoms with Crippen LogP contribution in [0.4, 0.5) is 35.1 Å². The Labute approximate surface area is 355 Å². The number of halogens is 10. The van der Waals surface area contributed by atoms with Crippen LogP contribution in [-0.2, 0) is 34.7 Å². The lowest BCUT2D eigenvalue weighted by molar-refractivity contribution is -0.138. The van der Waals surface area contributed by atoms with E-state index in [1.807, 2.05) is 18.3 Å². The number of rotatable bonds is 8. The zero-order chi connectivity index (χ0) is 43.0. The maximum absolute atomic E-state index is 13.0. The van der Waals surface area contributed by atoms with Gasteiger partial charge in [0, 0.05) is 39.1 Å². The molecule has 8 rings (SSSR count). The average molecular weight is 906 g/mol. The zero-order valence-electron chi connectivity index (χ0n) is 30.8. The molecule has 1 atom stereocenters. The molecule has 4 aromatic carbocycles. The van der Waals surface area contributed by atoms with Gasteiger partial charge in [0.15, 0.2) is 0 Å². The van der Waals surface area contributed by atoms with Gasteiger partial charge >= 0.3 is 12.4 Å². The summed E-state index contributed by atoms with van der Waals surface area (Å²) in [4.78, 5) is 1.47. The number of benzene rings is 4. The first-order valence-corrected chi connectivity index (χ1v) is 20.9. The number of hydrogen-bond acceptors (Lipinski definition) is 4. The lowest BCUT2D eigenvalue weighted by Gasteiger charge is -2.08. The Morgan fingerprint density at radius 2 is 1.00 bits per heavy atom. The number of thioether (sulfide) groups is 1. The van der Waals surface area contributed by atoms with E-state index in [1.165, 1.54) is 60.7 Å². The molecule has 310 valence electrons. The third-order valence-electron chi connectivity index (χ3n) is 8.81. The van der Waals surface area contributed by atoms with Gasteiger partial charge < -0.3 is 0 Å². The van der Waals surface area contributed by atoms with E-state index < -0.39 is 40.1 Å². The first kappa shape index (κ1) is 44.3. The highest BCUT2D eigenvalue weighted by atomic mass is 35.5. The second kappa shape index (κ2) is 19.4. The molecule has 0 fully saturated rings. The summed E-state index contributed by atoms with van der Waals surface area (Å²) in [6.45, 7) is 0. The van der Waals surface area contributed by atoms with Crippen LogP contribution in [0.5, 0.6) is 0 Å². The number of alkyl halides is 8. The Balaban J connectivity index is 0.000000189. The molecule has 4 aromatic heterocycles. The first-order valence-electron chi connectivity index (χ1n) is 17.5. The van der Waals surface area contributed by atoms with Crippen LogP contribution in [0.15, 0.2) is 156 Å². The summed E-state index contributed by atoms with van der Waals surface area (Å²) in [5.41, 5.74) is 4.64. The molecular weight excluding hydrogens is 876 g/mol. The third kappa shape index (κ3) is 11.3. The Bertz CT molecular complexity index is 2690. The third-order valence-corrected chi connectivity index (χ3v) is 11.3. The highest BCUT2D eigenvalue weighted by Gasteiger charge is 2.31. The van der Waals surface area contributed by atoms with Crippen molar-refractivity contribution in [3.05, 3.63) is 180 Å². The lowest BCUT2D eigenvalue weighted by Crippen LogP contribution is -2.03. The molecule has 0 aliphatic carbocycles. The minimum atomic E-state index is -4.39. The predicted molar refractivity (Wildman–Crippen MR) is 220 cm³/mol. The van der Waals surface area contributed by atoms with Crippen molar-refractivity contribution in [3.63, 3.8) is 0 Å². The van der Waals surface area contributed by atoms with Crippen LogP contribution < -0.4 is 0 Å². The number of hydrogen-bond donors (Lipinski definition) is 0. The first-order chi connectivity index (χ1) is 28.6. The predicted octanol–water partition coefficient (Wildman–Crippen LogP) is 13.3. The summed E-state index contributed by atoms with van der Waals surface area (Å²) < 4.78 is 119. The largest absolute Gasteiger partial charge is 0.416 e. The van der Waals surface area contributed by atoms with Crippen molar-refractivity contribution >= 4 is 56.8 Å². The van der Waals surface area contributed by atoms with Crippen molar-refractivity contribution in [2.24, 2.45) is 0 Å². The summed E-state index contributed by atoms with van der Waals surface area (Å²) in [6.07, 6.45) is -1.99. The van der Waals surface area contributed by atoms with Gasteiger partial charge in [-0.15, -0.1) is 35.0 Å². The Morgan fingerprint density at radius 1 is 0.583 bits per heavy atom. The summed E-state index contributed by atoms with van der Waals surface area (Å²) >= 11 is 11.1. The molecule has 8 aromatic rings. The molecule has 0 saturated carbocycles. The van der Waals surface area contributed by atoms with Gasteiger partial charge in [-0.25, -0.2) is 17.8 Å². The van der Waals surface area contributed by atoms with Gasteiger partial charge in [0.25, 0.3) is 0 Å². The maximum atomic E-state index is 13.0. The van der Waals surface area contributed by atoms with Crippen molar-refractivity contribution in [3.8, 4) is 22.3 Å². The minimum absolute atomic E-state index is 0.194. The topological polar surface area (TPSA) is 51.7 Å². The lowest BCUT2D eigenvalue weighted by atomic mass is 10.0. The minimum Gasteiger partial charge on any atom is -0.254 e. The van der Waals surface area contributed by atoms with E-state index in [2.05, 4.69) is 10.2 Å². The van der Waals surface area contributed by atoms with Crippen LogP contribution in [0.3, 0.4) is 0 Å². The number of fused-ring (bicyclic) bond motifs is 2. The molecule has 0 aliphatic rings. The molecule has 5 nitrogen and oxygen atoms in total. The fourth-order valence-electron chi connectivity index (χ4n) is 5.87. The summed E-state index contributed by atoms with van der Waals surface area (Å²) in [5, 5.41) is 8.71. The smallest absolute Gasteiger partial charge is 0.254 e. The van der Waals surface area contributed by atoms with Crippen LogP contribution in [0, 0.1) is 11.6 Å². The van der Waals surface area contributed by atoms with Crippen molar-refractivity contribution in [1.29, 1.82) is 0 Å². The van der Waals surface area contributed by atoms with Crippen LogP contribution in [-0.4, -0.2) is 28.8 Å². The van der Waals surface area contributed by atoms with Crippen molar-refractivity contribution in [1.82, 2.24) is 19.2 Å². The molecule has 4 heterocycles. The summed E-state index contributed by atoms with van der Waals surface area (Å²) in [5.74, 6) is 0.235. The van der Waals surface area contributed by atoms with Gasteiger partial charge in [0.1, 0.15) is 11.6 Å². The molecule has 0 radical (unpaired) electrons. The second-order valence-electron chi connectivity index (χ2n) is 12.8. The number of aromatic nitrogens is 4. The standard InChI is InChI=1S/C21H14F4N2OS.C21H14F4N2S.CH2Cl2/c22-17-5-7-18(8-6-17)29(28)13-14-9-10-27-20(11-14)19(12-26-27)15-1-3-16(4-2-15)21(23,24)25;22-17-5-7-18(8-6-17)28-13-14-9-10-27-20(11-14)19(12-26-27)15-1-3-16(4-2-15)21(23,24)25;2-1-3/h1-12H,13H2;1-12H,13H2;1H2. The van der Waals surface area contributed by atoms with Crippen LogP contribution >= 0.6 is 35.0 Å². The number of nitrogens with zero attached hydrogens (tertiary/aromatic N) is 4. The van der Waals surface area contributed by atoms with E-state index in [0.29, 0.717) is 32.9 Å². The monoisotopic (exact) mass is 904 g/mol. The molecular formula is C43H30Cl2F8N4OS2. The SMILES string of the molecule is ClCCl.Fc1ccc(SCc2ccn3ncc(-c4ccc(C(F)(F)F)cc4)c3c2)cc1.O=S(Cc1ccn2ncc(-c3ccc(C(F)(F)F)cc3)c2c1)c1ccc(F)cc1. The van der Waals surface area contributed by atoms with E-state index in [0.717, 1.165) is 51.4 Å². The molecule has 0 bridgehead atoms. The van der Waals surface area contributed by atoms with Gasteiger partial charge in [-0.05, 0) is 119 Å². The fraction of sp³-hybridized carbons (Fsp3) is 0.116. The summed E-state index contributed by atoms with van der Waals surface area (Å²) in [7, 11) is -1.36. The van der Waals surface area contributed by atoms with Crippen molar-refractivity contribution < 1.29 is 39.3 Å². The highest BCUT2D eigenvalue weighted by molar-refractivity contribution is 7.98. The van der Waals surface area contributed by atoms with Crippen LogP contribution in [0.1, 0.15) is 22.3 Å². The normalized spacial score (nSPS) is 12.1. The van der Waals surface area contributed by atoms with Crippen molar-refractivity contribution in [2.45, 2.75) is 33.6 Å². The molecule has 1 unspecified atom stereocenters. The maximum Gasteiger partial charge on any atom is 0.416 e. The molecule has 0 aliphatic heterocycles. The highest BCUT2D eigenvalue weighted by Crippen LogP contribution is 2.34. The average Bonchev–Trinajstić information content (AvgIpc) is 3.85. The van der Waals surface area contributed by atoms with E-state index in [-0.39, 0.29) is 16.9 Å². The van der Waals surface area contributed by atoms with Crippen molar-refractivity contribution in [2.75, 3.05) is 5.34 Å². The molecule has 0 spiro atoms. The molecule has 0 saturated heterocycles. The Morgan fingerprint density at radius 3 is 1.45 bits per heavy atom. The van der Waals surface area contributed by atoms with E-state index >= 15 is 0 Å². The fourth-order valence-corrected chi connectivity index (χ4v) is 7.80. The van der Waals surface area contributed by atoms with Gasteiger partial charge in [0.05, 0.1) is 56.4 Å². The Kier molecular flexibility index (Phi) is 14.4. The summed E-state index contributed by atoms with van der Waals surface area (Å²) in [6, 6.07) is 29.2. The van der Waals surface area contributed by atoms with Gasteiger partial charge in [-0.2, -0.15) is 36.5 Å². The van der Waals surface area contributed by atoms with Crippen LogP contribution in [0.25, 0.3) is 33.3 Å². The molecule has 60 heavy (non-hydrogen) atoms. The van der Waals surface area contributed by atoms with Gasteiger partial charge in [0.2, 0.25) is 0 Å². The second-order valence-corrected chi connectivity index (χ2v) is 16.1. The van der Waals surface area contributed by atoms with Gasteiger partial charge in [-0.3, -0.25) is 4.21 Å².